The van der Waals surface area contributed by atoms with Crippen LogP contribution >= 0.6 is 38.9 Å². The molecule has 0 aromatic heterocycles. The van der Waals surface area contributed by atoms with Gasteiger partial charge < -0.3 is 123 Å². The Balaban J connectivity index is 1.34. The van der Waals surface area contributed by atoms with Gasteiger partial charge in [-0.2, -0.15) is 0 Å². The molecule has 0 spiro atoms. The molecule has 0 aromatic rings. The van der Waals surface area contributed by atoms with Crippen molar-refractivity contribution in [3.63, 3.8) is 0 Å². The molecule has 4 aliphatic rings. The number of hydrogen-bond donors (Lipinski definition) is 15. The van der Waals surface area contributed by atoms with Crippen molar-refractivity contribution < 1.29 is 191 Å². The van der Waals surface area contributed by atoms with E-state index in [2.05, 4.69) is 5.32 Å². The summed E-state index contributed by atoms with van der Waals surface area (Å²) >= 11 is 0. The van der Waals surface area contributed by atoms with Crippen LogP contribution in [0.4, 0.5) is 4.39 Å². The molecule has 640 valence electrons. The van der Waals surface area contributed by atoms with Crippen LogP contribution in [0.3, 0.4) is 0 Å². The van der Waals surface area contributed by atoms with Gasteiger partial charge in [0.2, 0.25) is 5.91 Å². The van der Waals surface area contributed by atoms with E-state index in [4.69, 9.17) is 88.1 Å². The third-order valence-corrected chi connectivity index (χ3v) is 22.6. The summed E-state index contributed by atoms with van der Waals surface area (Å²) in [6, 6.07) is -1.11. The number of rotatable bonds is 60. The minimum atomic E-state index is -5.23. The molecular weight excluding hydrogens is 1560 g/mol. The lowest BCUT2D eigenvalue weighted by Crippen LogP contribution is -2.64. The lowest BCUT2D eigenvalue weighted by Gasteiger charge is -2.42. The number of alkyl halides is 1. The summed E-state index contributed by atoms with van der Waals surface area (Å²) in [5.41, 5.74) is -3.99. The molecule has 0 aliphatic carbocycles. The Morgan fingerprint density at radius 1 is 0.426 bits per heavy atom. The molecule has 1 amide bonds. The van der Waals surface area contributed by atoms with Crippen LogP contribution in [0, 0.1) is 17.3 Å². The van der Waals surface area contributed by atoms with Crippen molar-refractivity contribution in [1.29, 1.82) is 0 Å². The van der Waals surface area contributed by atoms with Crippen LogP contribution in [0.1, 0.15) is 131 Å². The molecule has 46 heteroatoms. The molecule has 4 rings (SSSR count). The first-order chi connectivity index (χ1) is 50.8. The molecule has 24 atom stereocenters. The van der Waals surface area contributed by atoms with Gasteiger partial charge in [0.05, 0.1) is 116 Å². The summed E-state index contributed by atoms with van der Waals surface area (Å²) < 4.78 is 184. The quantitative estimate of drug-likeness (QED) is 0.0307. The molecular formula is C62H121FNO39P5. The Kier molecular flexibility index (Phi) is 46.2. The molecule has 108 heavy (non-hydrogen) atoms. The van der Waals surface area contributed by atoms with Crippen molar-refractivity contribution in [2.45, 2.75) is 235 Å². The number of ether oxygens (including phenoxy) is 10. The number of halogens is 1. The maximum Gasteiger partial charge on any atom is 0.472 e. The van der Waals surface area contributed by atoms with Crippen LogP contribution in [0.15, 0.2) is 0 Å². The van der Waals surface area contributed by atoms with Gasteiger partial charge in [0, 0.05) is 65.1 Å². The average Bonchev–Trinajstić information content (AvgIpc) is 1.62. The molecule has 4 heterocycles. The zero-order valence-corrected chi connectivity index (χ0v) is 66.7. The van der Waals surface area contributed by atoms with Crippen molar-refractivity contribution in [2.24, 2.45) is 17.3 Å². The first-order valence-corrected chi connectivity index (χ1v) is 44.4. The van der Waals surface area contributed by atoms with Gasteiger partial charge in [0.25, 0.3) is 0 Å². The molecule has 4 saturated heterocycles. The minimum Gasteiger partial charge on any atom is -0.394 e. The van der Waals surface area contributed by atoms with Gasteiger partial charge in [-0.3, -0.25) is 50.1 Å². The highest BCUT2D eigenvalue weighted by molar-refractivity contribution is 7.52. The summed E-state index contributed by atoms with van der Waals surface area (Å²) in [5, 5.41) is 92.5. The van der Waals surface area contributed by atoms with Gasteiger partial charge in [-0.25, -0.2) is 22.7 Å². The van der Waals surface area contributed by atoms with Crippen molar-refractivity contribution in [1.82, 2.24) is 5.32 Å². The van der Waals surface area contributed by atoms with Crippen molar-refractivity contribution in [3.05, 3.63) is 0 Å². The van der Waals surface area contributed by atoms with Gasteiger partial charge in [0.15, 0.2) is 24.5 Å². The molecule has 4 fully saturated rings. The highest BCUT2D eigenvalue weighted by Gasteiger charge is 2.56. The second-order valence-corrected chi connectivity index (χ2v) is 35.0. The number of phosphoric acid groups is 4. The van der Waals surface area contributed by atoms with Gasteiger partial charge in [-0.15, -0.1) is 0 Å². The van der Waals surface area contributed by atoms with E-state index >= 15 is 4.39 Å². The van der Waals surface area contributed by atoms with E-state index in [0.717, 1.165) is 13.6 Å². The minimum absolute atomic E-state index is 0.0415. The third-order valence-electron chi connectivity index (χ3n) is 18.0. The van der Waals surface area contributed by atoms with Crippen LogP contribution in [0.2, 0.25) is 0 Å². The summed E-state index contributed by atoms with van der Waals surface area (Å²) in [5.74, 6) is -1.63. The number of carbonyl (C=O) groups excluding carboxylic acids is 1. The van der Waals surface area contributed by atoms with Crippen LogP contribution in [-0.4, -0.2) is 319 Å². The van der Waals surface area contributed by atoms with Gasteiger partial charge >= 0.3 is 38.9 Å². The number of aliphatic hydroxyl groups is 9. The number of hydrogen-bond acceptors (Lipinski definition) is 34. The predicted octanol–water partition coefficient (Wildman–Crippen LogP) is 2.27. The van der Waals surface area contributed by atoms with Gasteiger partial charge in [0.1, 0.15) is 61.0 Å². The third kappa shape index (κ3) is 36.8. The van der Waals surface area contributed by atoms with Gasteiger partial charge in [-0.1, -0.05) is 52.4 Å². The van der Waals surface area contributed by atoms with E-state index in [1.807, 2.05) is 0 Å². The summed E-state index contributed by atoms with van der Waals surface area (Å²) in [6.45, 7) is 1.30. The first kappa shape index (κ1) is 99.6. The van der Waals surface area contributed by atoms with Crippen molar-refractivity contribution >= 4 is 44.8 Å². The average molecular weight is 1680 g/mol. The maximum atomic E-state index is 15.8. The zero-order chi connectivity index (χ0) is 80.4. The smallest absolute Gasteiger partial charge is 0.394 e. The molecule has 0 saturated carbocycles. The normalized spacial score (nSPS) is 32.5. The summed E-state index contributed by atoms with van der Waals surface area (Å²) in [4.78, 5) is 64.1. The Morgan fingerprint density at radius 2 is 0.750 bits per heavy atom. The predicted molar refractivity (Wildman–Crippen MR) is 373 cm³/mol. The molecule has 15 N–H and O–H groups in total. The lowest BCUT2D eigenvalue weighted by molar-refractivity contribution is -0.282. The highest BCUT2D eigenvalue weighted by Crippen LogP contribution is 2.51. The number of carbonyl (C=O) groups is 1. The molecule has 0 aromatic carbocycles. The highest BCUT2D eigenvalue weighted by atomic mass is 31.2. The van der Waals surface area contributed by atoms with Crippen LogP contribution in [0.25, 0.3) is 0 Å². The number of aliphatic hydroxyl groups excluding tert-OH is 9. The molecule has 0 radical (unpaired) electrons. The molecule has 0 bridgehead atoms. The van der Waals surface area contributed by atoms with Crippen molar-refractivity contribution in [3.8, 4) is 0 Å². The standard InChI is InChI=1S/C62H121FNO39P5/c1-42-51(69)53(71)46(34-65)100-58(42)88-25-13-7-10-16-28-91-105(77,78)94-31-19-22-85-38-62(41-98-108(83,84)97-37-49-57(103-104(6,75)76)61(5,63)44(3)99-49,39-86-23-20-32-95-106(79,80)92-29-17-11-8-14-26-89-59-43(2)52(70)54(72)47(35-66)101-59)40-87-24-21-33-96-107(81,82)93-30-18-12-9-15-27-90-60-50(64-45(4)68)56(74)55(73)48(36-67)102-60/h42-44,46-60,65-67,69-74H,7-41H2,1-6H3,(H,64,68)(H,75,76)(H,77,78)(H,79,80)(H,81,82)(H,83,84)/t42?,43?,44-,46?,47?,48?,49+,50?,51+,52+,53-,54-,55-,56+,57?,58+,59+,60+,61?,62?/m0/s1. The Hall–Kier alpha value is -0.770. The summed E-state index contributed by atoms with van der Waals surface area (Å²) in [7, 11) is -23.4. The van der Waals surface area contributed by atoms with E-state index < -0.39 is 225 Å². The fourth-order valence-corrected chi connectivity index (χ4v) is 15.5. The largest absolute Gasteiger partial charge is 0.472 e. The SMILES string of the molecule is CC(=O)NC1[C@H](OCCCCCCOP(=O)(O)OCCCOCC(COCCCOP(=O)(O)OCCCCCCO[C@@H]2OC(CO)[C@H](O)[C@H](O)C2C)(COCCCOP(=O)(O)OCCCCCCO[C@@H]2OC(CO)[C@H](O)[C@H](O)C2C)COP(=O)(O)OC[C@H]2O[C@@H](C)C(C)(F)C2OP(C)(=O)O)OC(CO)[C@H](O)[C@@H]1O. The lowest BCUT2D eigenvalue weighted by atomic mass is 9.92. The van der Waals surface area contributed by atoms with Crippen LogP contribution in [0.5, 0.6) is 0 Å². The number of amides is 1. The summed E-state index contributed by atoms with van der Waals surface area (Å²) in [6.07, 6.45) is -12.5. The van der Waals surface area contributed by atoms with Crippen LogP contribution < -0.4 is 5.32 Å². The monoisotopic (exact) mass is 1680 g/mol. The van der Waals surface area contributed by atoms with Gasteiger partial charge in [-0.05, 0) is 71.6 Å². The van der Waals surface area contributed by atoms with E-state index in [0.29, 0.717) is 77.0 Å². The van der Waals surface area contributed by atoms with E-state index in [-0.39, 0.29) is 91.9 Å². The van der Waals surface area contributed by atoms with Crippen molar-refractivity contribution in [2.75, 3.05) is 139 Å². The number of unbranched alkanes of at least 4 members (excludes halogenated alkanes) is 9. The Bertz CT molecular complexity index is 2650. The molecule has 40 nitrogen and oxygen atoms in total. The topological polar surface area (TPSA) is 573 Å². The van der Waals surface area contributed by atoms with Crippen LogP contribution in [-0.2, 0) is 116 Å². The fraction of sp³-hybridized carbons (Fsp3) is 0.984. The fourth-order valence-electron chi connectivity index (χ4n) is 11.5. The zero-order valence-electron chi connectivity index (χ0n) is 62.2. The molecule has 13 unspecified atom stereocenters. The van der Waals surface area contributed by atoms with E-state index in [9.17, 15) is 98.0 Å². The van der Waals surface area contributed by atoms with E-state index in [1.54, 1.807) is 13.8 Å². The Morgan fingerprint density at radius 3 is 1.10 bits per heavy atom. The maximum absolute atomic E-state index is 15.8. The van der Waals surface area contributed by atoms with E-state index in [1.165, 1.54) is 13.8 Å². The Labute approximate surface area is 629 Å². The first-order valence-electron chi connectivity index (χ1n) is 36.4. The number of phosphoric ester groups is 4. The second-order valence-electron chi connectivity index (χ2n) is 27.4. The second kappa shape index (κ2) is 50.1. The number of nitrogens with one attached hydrogen (secondary N) is 1. The molecule has 4 aliphatic heterocycles.